The molecular weight excluding hydrogens is 295 g/mol. The third kappa shape index (κ3) is 5.29. The number of hydrogen-bond donors (Lipinski definition) is 2. The average Bonchev–Trinajstić information content (AvgIpc) is 2.56. The largest absolute Gasteiger partial charge is 0.497 e. The highest BCUT2D eigenvalue weighted by atomic mass is 19.1. The molecule has 0 aliphatic rings. The highest BCUT2D eigenvalue weighted by molar-refractivity contribution is 5.73. The second kappa shape index (κ2) is 8.17. The summed E-state index contributed by atoms with van der Waals surface area (Å²) in [7, 11) is 1.63. The van der Waals surface area contributed by atoms with Gasteiger partial charge < -0.3 is 15.4 Å². The van der Waals surface area contributed by atoms with Gasteiger partial charge >= 0.3 is 6.03 Å². The molecule has 2 aromatic carbocycles. The van der Waals surface area contributed by atoms with Gasteiger partial charge in [-0.1, -0.05) is 24.3 Å². The molecule has 0 bridgehead atoms. The number of ether oxygens (including phenoxy) is 1. The van der Waals surface area contributed by atoms with Crippen LogP contribution in [-0.2, 0) is 13.0 Å². The lowest BCUT2D eigenvalue weighted by atomic mass is 10.1. The third-order valence-electron chi connectivity index (χ3n) is 3.55. The molecule has 5 heteroatoms. The zero-order chi connectivity index (χ0) is 16.7. The molecule has 4 nitrogen and oxygen atoms in total. The van der Waals surface area contributed by atoms with Crippen LogP contribution in [0, 0.1) is 12.7 Å². The van der Waals surface area contributed by atoms with Crippen LogP contribution >= 0.6 is 0 Å². The highest BCUT2D eigenvalue weighted by Crippen LogP contribution is 2.11. The zero-order valence-electron chi connectivity index (χ0n) is 13.4. The predicted octanol–water partition coefficient (Wildman–Crippen LogP) is 3.18. The molecule has 2 aromatic rings. The van der Waals surface area contributed by atoms with Crippen molar-refractivity contribution in [3.63, 3.8) is 0 Å². The maximum absolute atomic E-state index is 13.4. The predicted molar refractivity (Wildman–Crippen MR) is 88.1 cm³/mol. The maximum Gasteiger partial charge on any atom is 0.315 e. The molecule has 0 spiro atoms. The minimum Gasteiger partial charge on any atom is -0.497 e. The molecule has 122 valence electrons. The summed E-state index contributed by atoms with van der Waals surface area (Å²) < 4.78 is 18.5. The first-order chi connectivity index (χ1) is 11.1. The first-order valence-corrected chi connectivity index (χ1v) is 7.48. The summed E-state index contributed by atoms with van der Waals surface area (Å²) in [6, 6.07) is 12.4. The van der Waals surface area contributed by atoms with E-state index in [1.165, 1.54) is 6.07 Å². The first-order valence-electron chi connectivity index (χ1n) is 7.48. The van der Waals surface area contributed by atoms with Gasteiger partial charge in [0.05, 0.1) is 7.11 Å². The fourth-order valence-electron chi connectivity index (χ4n) is 2.10. The number of benzene rings is 2. The smallest absolute Gasteiger partial charge is 0.315 e. The standard InChI is InChI=1S/C18H21FN2O2/c1-13-3-4-15(11-17(13)19)12-21-18(22)20-10-9-14-5-7-16(23-2)8-6-14/h3-8,11H,9-10,12H2,1-2H3,(H2,20,21,22). The second-order valence-electron chi connectivity index (χ2n) is 5.29. The van der Waals surface area contributed by atoms with Gasteiger partial charge in [0.15, 0.2) is 0 Å². The normalized spacial score (nSPS) is 10.2. The minimum absolute atomic E-state index is 0.260. The molecular formula is C18H21FN2O2. The van der Waals surface area contributed by atoms with Crippen molar-refractivity contribution >= 4 is 6.03 Å². The Morgan fingerprint density at radius 1 is 1.09 bits per heavy atom. The molecule has 0 aliphatic carbocycles. The number of aryl methyl sites for hydroxylation is 1. The van der Waals surface area contributed by atoms with Gasteiger partial charge in [0.1, 0.15) is 11.6 Å². The van der Waals surface area contributed by atoms with Crippen molar-refractivity contribution in [2.24, 2.45) is 0 Å². The number of methoxy groups -OCH3 is 1. The molecule has 0 saturated heterocycles. The van der Waals surface area contributed by atoms with E-state index in [2.05, 4.69) is 10.6 Å². The molecule has 0 radical (unpaired) electrons. The van der Waals surface area contributed by atoms with Crippen molar-refractivity contribution < 1.29 is 13.9 Å². The molecule has 2 N–H and O–H groups in total. The number of hydrogen-bond acceptors (Lipinski definition) is 2. The quantitative estimate of drug-likeness (QED) is 0.860. The van der Waals surface area contributed by atoms with Gasteiger partial charge in [0.25, 0.3) is 0 Å². The summed E-state index contributed by atoms with van der Waals surface area (Å²) in [4.78, 5) is 11.7. The summed E-state index contributed by atoms with van der Waals surface area (Å²) >= 11 is 0. The van der Waals surface area contributed by atoms with Crippen LogP contribution in [-0.4, -0.2) is 19.7 Å². The molecule has 0 aromatic heterocycles. The van der Waals surface area contributed by atoms with Gasteiger partial charge in [0, 0.05) is 13.1 Å². The van der Waals surface area contributed by atoms with Crippen molar-refractivity contribution in [2.75, 3.05) is 13.7 Å². The van der Waals surface area contributed by atoms with Crippen LogP contribution in [0.25, 0.3) is 0 Å². The fourth-order valence-corrected chi connectivity index (χ4v) is 2.10. The van der Waals surface area contributed by atoms with Crippen LogP contribution in [0.15, 0.2) is 42.5 Å². The van der Waals surface area contributed by atoms with Crippen molar-refractivity contribution in [2.45, 2.75) is 19.9 Å². The van der Waals surface area contributed by atoms with Crippen LogP contribution in [0.3, 0.4) is 0 Å². The Kier molecular flexibility index (Phi) is 5.97. The van der Waals surface area contributed by atoms with E-state index in [0.717, 1.165) is 23.3 Å². The van der Waals surface area contributed by atoms with Gasteiger partial charge in [-0.15, -0.1) is 0 Å². The summed E-state index contributed by atoms with van der Waals surface area (Å²) in [6.45, 7) is 2.53. The number of carbonyl (C=O) groups excluding carboxylic acids is 1. The topological polar surface area (TPSA) is 50.4 Å². The Labute approximate surface area is 135 Å². The van der Waals surface area contributed by atoms with Crippen molar-refractivity contribution in [3.05, 3.63) is 65.0 Å². The molecule has 0 heterocycles. The van der Waals surface area contributed by atoms with Crippen molar-refractivity contribution in [1.82, 2.24) is 10.6 Å². The molecule has 0 saturated carbocycles. The van der Waals surface area contributed by atoms with Gasteiger partial charge in [-0.05, 0) is 48.2 Å². The third-order valence-corrected chi connectivity index (χ3v) is 3.55. The van der Waals surface area contributed by atoms with Crippen LogP contribution in [0.4, 0.5) is 9.18 Å². The van der Waals surface area contributed by atoms with E-state index in [-0.39, 0.29) is 11.8 Å². The van der Waals surface area contributed by atoms with Crippen molar-refractivity contribution in [1.29, 1.82) is 0 Å². The highest BCUT2D eigenvalue weighted by Gasteiger charge is 2.03. The lowest BCUT2D eigenvalue weighted by Crippen LogP contribution is -2.36. The van der Waals surface area contributed by atoms with Gasteiger partial charge in [-0.2, -0.15) is 0 Å². The summed E-state index contributed by atoms with van der Waals surface area (Å²) in [5, 5.41) is 5.49. The SMILES string of the molecule is COc1ccc(CCNC(=O)NCc2ccc(C)c(F)c2)cc1. The fraction of sp³-hybridized carbons (Fsp3) is 0.278. The van der Waals surface area contributed by atoms with E-state index in [0.29, 0.717) is 18.7 Å². The van der Waals surface area contributed by atoms with Crippen molar-refractivity contribution in [3.8, 4) is 5.75 Å². The Bertz CT molecular complexity index is 657. The molecule has 0 unspecified atom stereocenters. The van der Waals surface area contributed by atoms with Gasteiger partial charge in [0.2, 0.25) is 0 Å². The second-order valence-corrected chi connectivity index (χ2v) is 5.29. The van der Waals surface area contributed by atoms with Gasteiger partial charge in [-0.3, -0.25) is 0 Å². The lowest BCUT2D eigenvalue weighted by molar-refractivity contribution is 0.240. The number of carbonyl (C=O) groups is 1. The average molecular weight is 316 g/mol. The number of nitrogens with one attached hydrogen (secondary N) is 2. The Morgan fingerprint density at radius 3 is 2.43 bits per heavy atom. The minimum atomic E-state index is -0.264. The van der Waals surface area contributed by atoms with Crippen LogP contribution < -0.4 is 15.4 Å². The van der Waals surface area contributed by atoms with E-state index in [4.69, 9.17) is 4.74 Å². The number of rotatable bonds is 6. The summed E-state index contributed by atoms with van der Waals surface area (Å²) in [6.07, 6.45) is 0.733. The lowest BCUT2D eigenvalue weighted by Gasteiger charge is -2.09. The van der Waals surface area contributed by atoms with E-state index < -0.39 is 0 Å². The van der Waals surface area contributed by atoms with Crippen LogP contribution in [0.1, 0.15) is 16.7 Å². The van der Waals surface area contributed by atoms with E-state index >= 15 is 0 Å². The molecule has 23 heavy (non-hydrogen) atoms. The molecule has 2 amide bonds. The van der Waals surface area contributed by atoms with E-state index in [1.807, 2.05) is 24.3 Å². The Hall–Kier alpha value is -2.56. The molecule has 0 atom stereocenters. The van der Waals surface area contributed by atoms with Crippen LogP contribution in [0.5, 0.6) is 5.75 Å². The zero-order valence-corrected chi connectivity index (χ0v) is 13.4. The molecule has 2 rings (SSSR count). The monoisotopic (exact) mass is 316 g/mol. The summed E-state index contributed by atoms with van der Waals surface area (Å²) in [5.41, 5.74) is 2.45. The Balaban J connectivity index is 1.71. The van der Waals surface area contributed by atoms with Crippen LogP contribution in [0.2, 0.25) is 0 Å². The number of urea groups is 1. The first kappa shape index (κ1) is 16.8. The van der Waals surface area contributed by atoms with Gasteiger partial charge in [-0.25, -0.2) is 9.18 Å². The number of amides is 2. The summed E-state index contributed by atoms with van der Waals surface area (Å²) in [5.74, 6) is 0.550. The van der Waals surface area contributed by atoms with E-state index in [9.17, 15) is 9.18 Å². The Morgan fingerprint density at radius 2 is 1.78 bits per heavy atom. The van der Waals surface area contributed by atoms with E-state index in [1.54, 1.807) is 26.2 Å². The number of halogens is 1. The molecule has 0 fully saturated rings. The maximum atomic E-state index is 13.4. The molecule has 0 aliphatic heterocycles.